The van der Waals surface area contributed by atoms with Crippen LogP contribution in [0.3, 0.4) is 0 Å². The fourth-order valence-electron chi connectivity index (χ4n) is 4.45. The molecule has 1 aliphatic rings. The third-order valence-electron chi connectivity index (χ3n) is 6.00. The lowest BCUT2D eigenvalue weighted by atomic mass is 10.1. The first-order valence-electron chi connectivity index (χ1n) is 12.0. The Labute approximate surface area is 199 Å². The molecule has 182 valence electrons. The molecule has 33 heavy (non-hydrogen) atoms. The number of nitrogens with zero attached hydrogens (tertiary/aromatic N) is 2. The van der Waals surface area contributed by atoms with E-state index in [9.17, 15) is 16.8 Å². The van der Waals surface area contributed by atoms with E-state index in [0.29, 0.717) is 32.6 Å². The van der Waals surface area contributed by atoms with Gasteiger partial charge in [0.05, 0.1) is 9.79 Å². The summed E-state index contributed by atoms with van der Waals surface area (Å²) in [6.45, 7) is 9.82. The van der Waals surface area contributed by atoms with Gasteiger partial charge in [0, 0.05) is 26.2 Å². The summed E-state index contributed by atoms with van der Waals surface area (Å²) >= 11 is 0. The zero-order valence-electron chi connectivity index (χ0n) is 20.2. The molecule has 0 radical (unpaired) electrons. The van der Waals surface area contributed by atoms with E-state index in [0.717, 1.165) is 47.9 Å². The molecule has 0 atom stereocenters. The molecule has 6 nitrogen and oxygen atoms in total. The third kappa shape index (κ3) is 5.19. The Morgan fingerprint density at radius 1 is 0.606 bits per heavy atom. The molecule has 0 spiro atoms. The van der Waals surface area contributed by atoms with Gasteiger partial charge in [-0.05, 0) is 78.6 Å². The van der Waals surface area contributed by atoms with E-state index < -0.39 is 20.0 Å². The summed E-state index contributed by atoms with van der Waals surface area (Å²) in [6.07, 6.45) is 3.67. The van der Waals surface area contributed by atoms with E-state index in [1.165, 1.54) is 0 Å². The van der Waals surface area contributed by atoms with E-state index in [4.69, 9.17) is 0 Å². The van der Waals surface area contributed by atoms with Crippen molar-refractivity contribution in [3.05, 3.63) is 47.5 Å². The van der Waals surface area contributed by atoms with Crippen molar-refractivity contribution in [2.45, 2.75) is 69.6 Å². The van der Waals surface area contributed by atoms with Crippen molar-refractivity contribution in [1.82, 2.24) is 8.61 Å². The first-order valence-corrected chi connectivity index (χ1v) is 14.8. The molecule has 2 aromatic rings. The minimum atomic E-state index is -3.61. The lowest BCUT2D eigenvalue weighted by Gasteiger charge is -2.22. The first-order chi connectivity index (χ1) is 15.7. The molecule has 0 heterocycles. The van der Waals surface area contributed by atoms with Crippen LogP contribution in [-0.4, -0.2) is 51.6 Å². The summed E-state index contributed by atoms with van der Waals surface area (Å²) in [7, 11) is -7.22. The van der Waals surface area contributed by atoms with Crippen LogP contribution in [0, 0.1) is 0 Å². The average molecular weight is 493 g/mol. The van der Waals surface area contributed by atoms with Crippen LogP contribution in [0.15, 0.2) is 46.2 Å². The van der Waals surface area contributed by atoms with Crippen LogP contribution in [0.2, 0.25) is 0 Å². The molecule has 0 saturated heterocycles. The Morgan fingerprint density at radius 2 is 0.939 bits per heavy atom. The maximum atomic E-state index is 13.3. The zero-order valence-corrected chi connectivity index (χ0v) is 21.8. The number of rotatable bonds is 12. The molecule has 8 heteroatoms. The largest absolute Gasteiger partial charge is 0.243 e. The number of hydrogen-bond donors (Lipinski definition) is 0. The van der Waals surface area contributed by atoms with Crippen molar-refractivity contribution in [2.24, 2.45) is 0 Å². The normalized spacial score (nSPS) is 13.5. The molecule has 0 aromatic heterocycles. The quantitative estimate of drug-likeness (QED) is 0.361. The molecular weight excluding hydrogens is 456 g/mol. The van der Waals surface area contributed by atoms with Crippen molar-refractivity contribution < 1.29 is 16.8 Å². The molecule has 0 saturated carbocycles. The van der Waals surface area contributed by atoms with Crippen LogP contribution >= 0.6 is 0 Å². The molecule has 1 aliphatic carbocycles. The number of fused-ring (bicyclic) bond motifs is 3. The summed E-state index contributed by atoms with van der Waals surface area (Å²) in [4.78, 5) is 0.533. The fourth-order valence-corrected chi connectivity index (χ4v) is 7.75. The highest BCUT2D eigenvalue weighted by molar-refractivity contribution is 7.89. The van der Waals surface area contributed by atoms with E-state index in [-0.39, 0.29) is 9.79 Å². The molecule has 0 N–H and O–H groups in total. The Kier molecular flexibility index (Phi) is 8.37. The molecule has 0 amide bonds. The molecule has 0 fully saturated rings. The minimum absolute atomic E-state index is 0.267. The summed E-state index contributed by atoms with van der Waals surface area (Å²) in [5.74, 6) is 0. The van der Waals surface area contributed by atoms with Crippen LogP contribution in [0.5, 0.6) is 0 Å². The topological polar surface area (TPSA) is 74.8 Å². The van der Waals surface area contributed by atoms with Gasteiger partial charge in [0.15, 0.2) is 0 Å². The lowest BCUT2D eigenvalue weighted by molar-refractivity contribution is 0.409. The molecule has 3 rings (SSSR count). The summed E-state index contributed by atoms with van der Waals surface area (Å²) in [6, 6.07) is 10.5. The summed E-state index contributed by atoms with van der Waals surface area (Å²) in [5.41, 5.74) is 3.67. The number of sulfonamides is 2. The Balaban J connectivity index is 2.05. The van der Waals surface area contributed by atoms with Gasteiger partial charge in [0.25, 0.3) is 0 Å². The van der Waals surface area contributed by atoms with Gasteiger partial charge in [-0.15, -0.1) is 0 Å². The molecule has 0 bridgehead atoms. The second-order valence-electron chi connectivity index (χ2n) is 8.62. The minimum Gasteiger partial charge on any atom is -0.207 e. The van der Waals surface area contributed by atoms with E-state index in [1.54, 1.807) is 32.9 Å². The van der Waals surface area contributed by atoms with Crippen LogP contribution in [0.25, 0.3) is 11.1 Å². The molecule has 0 unspecified atom stereocenters. The monoisotopic (exact) mass is 492 g/mol. The van der Waals surface area contributed by atoms with Crippen molar-refractivity contribution in [3.63, 3.8) is 0 Å². The van der Waals surface area contributed by atoms with Gasteiger partial charge < -0.3 is 0 Å². The zero-order chi connectivity index (χ0) is 24.2. The van der Waals surface area contributed by atoms with Crippen molar-refractivity contribution in [2.75, 3.05) is 26.2 Å². The highest BCUT2D eigenvalue weighted by Gasteiger charge is 2.29. The maximum absolute atomic E-state index is 13.3. The summed E-state index contributed by atoms with van der Waals surface area (Å²) in [5, 5.41) is 0. The van der Waals surface area contributed by atoms with Crippen LogP contribution in [0.1, 0.15) is 64.5 Å². The number of benzene rings is 2. The van der Waals surface area contributed by atoms with Gasteiger partial charge in [-0.1, -0.05) is 39.8 Å². The van der Waals surface area contributed by atoms with Crippen molar-refractivity contribution >= 4 is 20.0 Å². The lowest BCUT2D eigenvalue weighted by Crippen LogP contribution is -2.32. The van der Waals surface area contributed by atoms with Gasteiger partial charge in [-0.3, -0.25) is 0 Å². The number of hydrogen-bond acceptors (Lipinski definition) is 4. The van der Waals surface area contributed by atoms with Gasteiger partial charge in [-0.2, -0.15) is 8.61 Å². The summed E-state index contributed by atoms with van der Waals surface area (Å²) < 4.78 is 56.3. The third-order valence-corrected chi connectivity index (χ3v) is 9.79. The van der Waals surface area contributed by atoms with Crippen LogP contribution < -0.4 is 0 Å². The highest BCUT2D eigenvalue weighted by atomic mass is 32.2. The molecule has 2 aromatic carbocycles. The van der Waals surface area contributed by atoms with Gasteiger partial charge in [-0.25, -0.2) is 16.8 Å². The van der Waals surface area contributed by atoms with Gasteiger partial charge in [0.1, 0.15) is 0 Å². The smallest absolute Gasteiger partial charge is 0.207 e. The van der Waals surface area contributed by atoms with Crippen LogP contribution in [0.4, 0.5) is 0 Å². The van der Waals surface area contributed by atoms with Gasteiger partial charge >= 0.3 is 0 Å². The Bertz CT molecular complexity index is 1090. The second kappa shape index (κ2) is 10.7. The Hall–Kier alpha value is -1.74. The van der Waals surface area contributed by atoms with E-state index >= 15 is 0 Å². The second-order valence-corrected chi connectivity index (χ2v) is 12.5. The molecule has 0 aliphatic heterocycles. The SMILES string of the molecule is CCCN(CCC)S(=O)(=O)c1ccc2c(c1)-c1cc(S(=O)(=O)N(CCC)CCC)ccc1C2. The van der Waals surface area contributed by atoms with Crippen molar-refractivity contribution in [1.29, 1.82) is 0 Å². The predicted molar refractivity (Wildman–Crippen MR) is 133 cm³/mol. The van der Waals surface area contributed by atoms with Gasteiger partial charge in [0.2, 0.25) is 20.0 Å². The van der Waals surface area contributed by atoms with E-state index in [2.05, 4.69) is 0 Å². The van der Waals surface area contributed by atoms with Crippen LogP contribution in [-0.2, 0) is 26.5 Å². The molecular formula is C25H36N2O4S2. The Morgan fingerprint density at radius 3 is 1.24 bits per heavy atom. The van der Waals surface area contributed by atoms with Crippen molar-refractivity contribution in [3.8, 4) is 11.1 Å². The first kappa shape index (κ1) is 25.9. The van der Waals surface area contributed by atoms with E-state index in [1.807, 2.05) is 39.8 Å². The predicted octanol–water partition coefficient (Wildman–Crippen LogP) is 4.88. The fraction of sp³-hybridized carbons (Fsp3) is 0.520. The maximum Gasteiger partial charge on any atom is 0.243 e. The highest BCUT2D eigenvalue weighted by Crippen LogP contribution is 2.39. The average Bonchev–Trinajstić information content (AvgIpc) is 3.16. The standard InChI is InChI=1S/C25H36N2O4S2/c1-5-13-26(14-6-2)32(28,29)22-11-9-20-17-21-10-12-23(19-25(21)24(20)18-22)33(30,31)27(15-7-3)16-8-4/h9-12,18-19H,5-8,13-17H2,1-4H3.